The van der Waals surface area contributed by atoms with Gasteiger partial charge in [0.1, 0.15) is 0 Å². The SMILES string of the molecule is CCCc1cc[n+](CC(=O)c2cccc3ccccc23)cc1. The second-order valence-electron chi connectivity index (χ2n) is 5.58. The minimum atomic E-state index is 0.144. The Labute approximate surface area is 131 Å². The summed E-state index contributed by atoms with van der Waals surface area (Å²) in [4.78, 5) is 12.6. The zero-order valence-corrected chi connectivity index (χ0v) is 12.8. The van der Waals surface area contributed by atoms with Crippen LogP contribution in [0.2, 0.25) is 0 Å². The van der Waals surface area contributed by atoms with Crippen LogP contribution in [0, 0.1) is 0 Å². The predicted molar refractivity (Wildman–Crippen MR) is 88.9 cm³/mol. The van der Waals surface area contributed by atoms with Crippen molar-refractivity contribution in [3.63, 3.8) is 0 Å². The topological polar surface area (TPSA) is 20.9 Å². The summed E-state index contributed by atoms with van der Waals surface area (Å²) in [6.45, 7) is 2.55. The number of carbonyl (C=O) groups is 1. The van der Waals surface area contributed by atoms with Crippen molar-refractivity contribution in [2.24, 2.45) is 0 Å². The number of benzene rings is 2. The van der Waals surface area contributed by atoms with Crippen molar-refractivity contribution in [2.75, 3.05) is 0 Å². The summed E-state index contributed by atoms with van der Waals surface area (Å²) < 4.78 is 1.95. The third kappa shape index (κ3) is 3.06. The summed E-state index contributed by atoms with van der Waals surface area (Å²) in [7, 11) is 0. The summed E-state index contributed by atoms with van der Waals surface area (Å²) in [6, 6.07) is 18.1. The summed E-state index contributed by atoms with van der Waals surface area (Å²) in [5, 5.41) is 2.13. The molecule has 0 spiro atoms. The molecule has 1 aromatic heterocycles. The van der Waals surface area contributed by atoms with Crippen LogP contribution in [-0.2, 0) is 13.0 Å². The van der Waals surface area contributed by atoms with Gasteiger partial charge < -0.3 is 0 Å². The number of Topliss-reactive ketones (excluding diaryl/α,β-unsaturated/α-hetero) is 1. The van der Waals surface area contributed by atoms with E-state index in [4.69, 9.17) is 0 Å². The minimum Gasteiger partial charge on any atom is -0.287 e. The van der Waals surface area contributed by atoms with Crippen molar-refractivity contribution >= 4 is 16.6 Å². The molecule has 2 heteroatoms. The van der Waals surface area contributed by atoms with Crippen LogP contribution in [0.5, 0.6) is 0 Å². The number of aromatic nitrogens is 1. The number of hydrogen-bond acceptors (Lipinski definition) is 1. The maximum atomic E-state index is 12.6. The van der Waals surface area contributed by atoms with Gasteiger partial charge in [0.15, 0.2) is 12.4 Å². The van der Waals surface area contributed by atoms with Crippen LogP contribution >= 0.6 is 0 Å². The number of rotatable bonds is 5. The van der Waals surface area contributed by atoms with Crippen LogP contribution in [0.15, 0.2) is 67.0 Å². The lowest BCUT2D eigenvalue weighted by molar-refractivity contribution is -0.683. The predicted octanol–water partition coefficient (Wildman–Crippen LogP) is 3.96. The molecule has 0 N–H and O–H groups in total. The van der Waals surface area contributed by atoms with Gasteiger partial charge in [-0.3, -0.25) is 4.79 Å². The van der Waals surface area contributed by atoms with E-state index >= 15 is 0 Å². The Morgan fingerprint density at radius 2 is 1.68 bits per heavy atom. The van der Waals surface area contributed by atoms with Gasteiger partial charge in [-0.1, -0.05) is 55.8 Å². The van der Waals surface area contributed by atoms with E-state index in [-0.39, 0.29) is 5.78 Å². The van der Waals surface area contributed by atoms with Gasteiger partial charge in [0.05, 0.1) is 0 Å². The molecule has 3 rings (SSSR count). The highest BCUT2D eigenvalue weighted by atomic mass is 16.1. The molecule has 22 heavy (non-hydrogen) atoms. The Kier molecular flexibility index (Phi) is 4.29. The van der Waals surface area contributed by atoms with Crippen LogP contribution in [0.3, 0.4) is 0 Å². The Hall–Kier alpha value is -2.48. The van der Waals surface area contributed by atoms with Crippen LogP contribution in [0.4, 0.5) is 0 Å². The molecule has 110 valence electrons. The summed E-state index contributed by atoms with van der Waals surface area (Å²) >= 11 is 0. The van der Waals surface area contributed by atoms with E-state index in [1.807, 2.05) is 59.4 Å². The van der Waals surface area contributed by atoms with Gasteiger partial charge in [-0.05, 0) is 22.8 Å². The Morgan fingerprint density at radius 3 is 2.45 bits per heavy atom. The van der Waals surface area contributed by atoms with E-state index in [1.165, 1.54) is 5.56 Å². The van der Waals surface area contributed by atoms with Crippen molar-refractivity contribution < 1.29 is 9.36 Å². The largest absolute Gasteiger partial charge is 0.287 e. The minimum absolute atomic E-state index is 0.144. The summed E-state index contributed by atoms with van der Waals surface area (Å²) in [5.41, 5.74) is 2.11. The molecule has 2 nitrogen and oxygen atoms in total. The smallest absolute Gasteiger partial charge is 0.228 e. The van der Waals surface area contributed by atoms with E-state index in [0.717, 1.165) is 29.2 Å². The van der Waals surface area contributed by atoms with Crippen LogP contribution in [0.25, 0.3) is 10.8 Å². The fourth-order valence-electron chi connectivity index (χ4n) is 2.77. The molecule has 0 saturated heterocycles. The van der Waals surface area contributed by atoms with Crippen molar-refractivity contribution in [2.45, 2.75) is 26.3 Å². The van der Waals surface area contributed by atoms with Crippen LogP contribution in [0.1, 0.15) is 29.3 Å². The average Bonchev–Trinajstić information content (AvgIpc) is 2.56. The number of pyridine rings is 1. The lowest BCUT2D eigenvalue weighted by Crippen LogP contribution is -2.37. The summed E-state index contributed by atoms with van der Waals surface area (Å²) in [6.07, 6.45) is 6.21. The lowest BCUT2D eigenvalue weighted by Gasteiger charge is -2.04. The average molecular weight is 290 g/mol. The van der Waals surface area contributed by atoms with Gasteiger partial charge in [0, 0.05) is 17.7 Å². The van der Waals surface area contributed by atoms with Crippen LogP contribution in [-0.4, -0.2) is 5.78 Å². The number of hydrogen-bond donors (Lipinski definition) is 0. The van der Waals surface area contributed by atoms with E-state index in [0.29, 0.717) is 6.54 Å². The zero-order chi connectivity index (χ0) is 15.4. The highest BCUT2D eigenvalue weighted by Crippen LogP contribution is 2.18. The first-order chi connectivity index (χ1) is 10.8. The molecule has 0 aliphatic heterocycles. The summed E-state index contributed by atoms with van der Waals surface area (Å²) in [5.74, 6) is 0.144. The standard InChI is InChI=1S/C20H20NO/c1-2-6-16-11-13-21(14-12-16)15-20(22)19-10-5-8-17-7-3-4-9-18(17)19/h3-5,7-14H,2,6,15H2,1H3/q+1. The van der Waals surface area contributed by atoms with E-state index in [2.05, 4.69) is 19.1 Å². The van der Waals surface area contributed by atoms with Crippen molar-refractivity contribution in [3.05, 3.63) is 78.1 Å². The first-order valence-electron chi connectivity index (χ1n) is 7.77. The Balaban J connectivity index is 1.84. The number of ketones is 1. The highest BCUT2D eigenvalue weighted by molar-refractivity contribution is 6.07. The number of nitrogens with zero attached hydrogens (tertiary/aromatic N) is 1. The van der Waals surface area contributed by atoms with Gasteiger partial charge in [0.25, 0.3) is 0 Å². The van der Waals surface area contributed by atoms with Gasteiger partial charge >= 0.3 is 0 Å². The Morgan fingerprint density at radius 1 is 0.955 bits per heavy atom. The van der Waals surface area contributed by atoms with E-state index < -0.39 is 0 Å². The van der Waals surface area contributed by atoms with Crippen LogP contribution < -0.4 is 4.57 Å². The maximum absolute atomic E-state index is 12.6. The monoisotopic (exact) mass is 290 g/mol. The molecule has 0 fully saturated rings. The first-order valence-corrected chi connectivity index (χ1v) is 7.77. The zero-order valence-electron chi connectivity index (χ0n) is 12.8. The molecule has 3 aromatic rings. The molecule has 0 saturated carbocycles. The van der Waals surface area contributed by atoms with Crippen molar-refractivity contribution in [1.82, 2.24) is 0 Å². The molecule has 0 bridgehead atoms. The first kappa shape index (κ1) is 14.5. The van der Waals surface area contributed by atoms with Crippen molar-refractivity contribution in [1.29, 1.82) is 0 Å². The second kappa shape index (κ2) is 6.52. The van der Waals surface area contributed by atoms with Gasteiger partial charge in [-0.2, -0.15) is 4.57 Å². The van der Waals surface area contributed by atoms with E-state index in [9.17, 15) is 4.79 Å². The van der Waals surface area contributed by atoms with Gasteiger partial charge in [-0.15, -0.1) is 0 Å². The molecular weight excluding hydrogens is 270 g/mol. The second-order valence-corrected chi connectivity index (χ2v) is 5.58. The number of fused-ring (bicyclic) bond motifs is 1. The molecule has 0 amide bonds. The molecule has 0 unspecified atom stereocenters. The van der Waals surface area contributed by atoms with E-state index in [1.54, 1.807) is 0 Å². The quantitative estimate of drug-likeness (QED) is 0.514. The lowest BCUT2D eigenvalue weighted by atomic mass is 10.0. The number of aryl methyl sites for hydroxylation is 1. The Bertz CT molecular complexity index is 785. The third-order valence-corrected chi connectivity index (χ3v) is 3.92. The fraction of sp³-hybridized carbons (Fsp3) is 0.200. The number of carbonyl (C=O) groups excluding carboxylic acids is 1. The van der Waals surface area contributed by atoms with Gasteiger partial charge in [0.2, 0.25) is 12.3 Å². The molecule has 1 heterocycles. The molecule has 0 radical (unpaired) electrons. The maximum Gasteiger partial charge on any atom is 0.228 e. The molecule has 0 atom stereocenters. The molecule has 0 aliphatic carbocycles. The normalized spacial score (nSPS) is 10.8. The molecule has 0 aliphatic rings. The molecule has 2 aromatic carbocycles. The van der Waals surface area contributed by atoms with Gasteiger partial charge in [-0.25, -0.2) is 0 Å². The third-order valence-electron chi connectivity index (χ3n) is 3.92. The molecular formula is C20H20NO+. The highest BCUT2D eigenvalue weighted by Gasteiger charge is 2.14. The van der Waals surface area contributed by atoms with Crippen molar-refractivity contribution in [3.8, 4) is 0 Å². The fourth-order valence-corrected chi connectivity index (χ4v) is 2.77.